The first-order valence-corrected chi connectivity index (χ1v) is 11.1. The van der Waals surface area contributed by atoms with Crippen LogP contribution in [0.3, 0.4) is 0 Å². The molecule has 190 valence electrons. The van der Waals surface area contributed by atoms with Crippen LogP contribution in [-0.2, 0) is 11.3 Å². The summed E-state index contributed by atoms with van der Waals surface area (Å²) in [6.45, 7) is 2.02. The van der Waals surface area contributed by atoms with Crippen LogP contribution in [0, 0.1) is 38.5 Å². The first kappa shape index (κ1) is 27.0. The average molecular weight is 571 g/mol. The van der Waals surface area contributed by atoms with Crippen LogP contribution < -0.4 is 14.9 Å². The number of pyridine rings is 1. The smallest absolute Gasteiger partial charge is 0.318 e. The predicted molar refractivity (Wildman–Crippen MR) is 136 cm³/mol. The van der Waals surface area contributed by atoms with Gasteiger partial charge in [-0.15, -0.1) is 0 Å². The molecule has 0 aliphatic carbocycles. The van der Waals surface area contributed by atoms with E-state index in [4.69, 9.17) is 14.2 Å². The van der Waals surface area contributed by atoms with Gasteiger partial charge in [-0.1, -0.05) is 0 Å². The number of nitriles is 1. The van der Waals surface area contributed by atoms with Crippen LogP contribution in [-0.4, -0.2) is 35.3 Å². The van der Waals surface area contributed by atoms with Crippen LogP contribution >= 0.6 is 15.9 Å². The van der Waals surface area contributed by atoms with Gasteiger partial charge in [0, 0.05) is 24.4 Å². The molecule has 0 spiro atoms. The second kappa shape index (κ2) is 11.9. The van der Waals surface area contributed by atoms with Crippen LogP contribution in [0.15, 0.2) is 46.0 Å². The summed E-state index contributed by atoms with van der Waals surface area (Å²) >= 11 is 3.36. The van der Waals surface area contributed by atoms with Crippen LogP contribution in [0.4, 0.5) is 17.2 Å². The van der Waals surface area contributed by atoms with Gasteiger partial charge in [0.2, 0.25) is 5.75 Å². The van der Waals surface area contributed by atoms with E-state index in [0.717, 1.165) is 18.2 Å². The number of non-ortho nitro benzene ring substituents is 1. The van der Waals surface area contributed by atoms with E-state index in [9.17, 15) is 25.5 Å². The predicted octanol–water partition coefficient (Wildman–Crippen LogP) is 5.23. The highest BCUT2D eigenvalue weighted by Crippen LogP contribution is 2.42. The number of anilines is 1. The second-order valence-corrected chi connectivity index (χ2v) is 8.22. The zero-order valence-electron chi connectivity index (χ0n) is 19.7. The third-order valence-corrected chi connectivity index (χ3v) is 5.43. The fraction of sp³-hybridized carbons (Fsp3) is 0.174. The van der Waals surface area contributed by atoms with Gasteiger partial charge in [0.05, 0.1) is 40.3 Å². The minimum atomic E-state index is -0.776. The summed E-state index contributed by atoms with van der Waals surface area (Å²) in [4.78, 5) is 25.2. The number of nitrogens with zero attached hydrogens (tertiary/aromatic N) is 5. The van der Waals surface area contributed by atoms with Crippen molar-refractivity contribution in [2.45, 2.75) is 13.5 Å². The number of aryl methyl sites for hydroxylation is 1. The van der Waals surface area contributed by atoms with Crippen molar-refractivity contribution in [2.75, 3.05) is 19.6 Å². The minimum Gasteiger partial charge on any atom is -0.493 e. The maximum Gasteiger partial charge on any atom is 0.318 e. The molecule has 3 rings (SSSR count). The highest BCUT2D eigenvalue weighted by atomic mass is 79.9. The molecular weight excluding hydrogens is 552 g/mol. The molecule has 37 heavy (non-hydrogen) atoms. The van der Waals surface area contributed by atoms with E-state index in [1.165, 1.54) is 20.4 Å². The topological polar surface area (TPSA) is 175 Å². The van der Waals surface area contributed by atoms with Crippen molar-refractivity contribution in [3.63, 3.8) is 0 Å². The lowest BCUT2D eigenvalue weighted by molar-refractivity contribution is -0.394. The normalized spacial score (nSPS) is 10.7. The van der Waals surface area contributed by atoms with Gasteiger partial charge in [-0.25, -0.2) is 4.98 Å². The van der Waals surface area contributed by atoms with E-state index in [-0.39, 0.29) is 29.7 Å². The maximum absolute atomic E-state index is 11.4. The van der Waals surface area contributed by atoms with E-state index < -0.39 is 21.2 Å². The Morgan fingerprint density at radius 2 is 1.92 bits per heavy atom. The van der Waals surface area contributed by atoms with Gasteiger partial charge in [-0.3, -0.25) is 25.7 Å². The van der Waals surface area contributed by atoms with Crippen molar-refractivity contribution in [3.05, 3.63) is 83.5 Å². The molecule has 0 radical (unpaired) electrons. The van der Waals surface area contributed by atoms with Crippen LogP contribution in [0.5, 0.6) is 17.2 Å². The lowest BCUT2D eigenvalue weighted by Crippen LogP contribution is -2.03. The Hall–Kier alpha value is -4.61. The van der Waals surface area contributed by atoms with Gasteiger partial charge in [0.25, 0.3) is 5.69 Å². The molecule has 0 saturated carbocycles. The second-order valence-electron chi connectivity index (χ2n) is 7.36. The molecule has 1 N–H and O–H groups in total. The number of halogens is 1. The summed E-state index contributed by atoms with van der Waals surface area (Å²) < 4.78 is 16.6. The van der Waals surface area contributed by atoms with Crippen molar-refractivity contribution in [1.29, 1.82) is 5.26 Å². The van der Waals surface area contributed by atoms with E-state index in [1.54, 1.807) is 25.1 Å². The Morgan fingerprint density at radius 3 is 2.54 bits per heavy atom. The van der Waals surface area contributed by atoms with Gasteiger partial charge in [-0.05, 0) is 52.7 Å². The van der Waals surface area contributed by atoms with Gasteiger partial charge in [0.15, 0.2) is 17.3 Å². The molecule has 2 aromatic carbocycles. The van der Waals surface area contributed by atoms with Gasteiger partial charge in [-0.2, -0.15) is 10.4 Å². The number of methoxy groups -OCH3 is 2. The van der Waals surface area contributed by atoms with E-state index >= 15 is 0 Å². The first-order chi connectivity index (χ1) is 17.7. The molecule has 0 saturated heterocycles. The zero-order chi connectivity index (χ0) is 27.1. The number of benzene rings is 2. The average Bonchev–Trinajstić information content (AvgIpc) is 2.85. The summed E-state index contributed by atoms with van der Waals surface area (Å²) in [5.41, 5.74) is 3.93. The summed E-state index contributed by atoms with van der Waals surface area (Å²) in [6.07, 6.45) is 1.45. The molecule has 14 heteroatoms. The number of aromatic nitrogens is 1. The molecule has 0 aliphatic heterocycles. The fourth-order valence-electron chi connectivity index (χ4n) is 3.26. The number of hydrogen-bond acceptors (Lipinski definition) is 11. The molecular formula is C23H19BrN6O7. The van der Waals surface area contributed by atoms with Crippen molar-refractivity contribution in [3.8, 4) is 23.3 Å². The third-order valence-electron chi connectivity index (χ3n) is 4.84. The number of rotatable bonds is 10. The number of hydrazone groups is 1. The molecule has 13 nitrogen and oxygen atoms in total. The minimum absolute atomic E-state index is 0.112. The fourth-order valence-corrected chi connectivity index (χ4v) is 3.80. The van der Waals surface area contributed by atoms with Gasteiger partial charge in [0.1, 0.15) is 11.6 Å². The largest absolute Gasteiger partial charge is 0.493 e. The van der Waals surface area contributed by atoms with Crippen LogP contribution in [0.25, 0.3) is 0 Å². The van der Waals surface area contributed by atoms with Crippen molar-refractivity contribution >= 4 is 39.3 Å². The highest BCUT2D eigenvalue weighted by molar-refractivity contribution is 9.10. The lowest BCUT2D eigenvalue weighted by atomic mass is 10.1. The Labute approximate surface area is 218 Å². The van der Waals surface area contributed by atoms with E-state index in [1.807, 2.05) is 0 Å². The summed E-state index contributed by atoms with van der Waals surface area (Å²) in [6, 6.07) is 10.1. The van der Waals surface area contributed by atoms with E-state index in [2.05, 4.69) is 37.5 Å². The summed E-state index contributed by atoms with van der Waals surface area (Å²) in [5, 5.41) is 36.1. The highest BCUT2D eigenvalue weighted by Gasteiger charge is 2.23. The number of hydrogen-bond donors (Lipinski definition) is 1. The van der Waals surface area contributed by atoms with Crippen molar-refractivity contribution < 1.29 is 24.1 Å². The third kappa shape index (κ3) is 6.34. The van der Waals surface area contributed by atoms with Gasteiger partial charge < -0.3 is 14.2 Å². The maximum atomic E-state index is 11.4. The summed E-state index contributed by atoms with van der Waals surface area (Å²) in [7, 11) is 2.91. The molecule has 0 aliphatic rings. The SMILES string of the molecule is COCc1cc(C)nc(N/N=C/c2cc(Br)c(Oc3ccc([N+](=O)[O-])cc3[N+](=O)[O-])c(OC)c2)c1C#N. The van der Waals surface area contributed by atoms with Gasteiger partial charge >= 0.3 is 5.69 Å². The monoisotopic (exact) mass is 570 g/mol. The quantitative estimate of drug-likeness (QED) is 0.193. The molecule has 1 heterocycles. The Balaban J connectivity index is 1.90. The van der Waals surface area contributed by atoms with Crippen LogP contribution in [0.1, 0.15) is 22.4 Å². The number of nitro groups is 2. The van der Waals surface area contributed by atoms with Crippen LogP contribution in [0.2, 0.25) is 0 Å². The molecule has 3 aromatic rings. The number of nitrogens with one attached hydrogen (secondary N) is 1. The molecule has 0 atom stereocenters. The molecule has 0 bridgehead atoms. The molecule has 0 fully saturated rings. The Bertz CT molecular complexity index is 1440. The first-order valence-electron chi connectivity index (χ1n) is 10.3. The van der Waals surface area contributed by atoms with Crippen molar-refractivity contribution in [2.24, 2.45) is 5.10 Å². The molecule has 1 aromatic heterocycles. The standard InChI is InChI=1S/C23H19BrN6O7/c1-13-6-15(12-35-2)17(10-25)23(27-13)28-26-11-14-7-18(24)22(21(8-14)36-3)37-20-5-4-16(29(31)32)9-19(20)30(33)34/h4-9,11H,12H2,1-3H3,(H,27,28)/b26-11+. The Morgan fingerprint density at radius 1 is 1.16 bits per heavy atom. The Kier molecular flexibility index (Phi) is 8.67. The summed E-state index contributed by atoms with van der Waals surface area (Å²) in [5.74, 6) is 0.375. The molecule has 0 unspecified atom stereocenters. The number of nitro benzene ring substituents is 2. The van der Waals surface area contributed by atoms with E-state index in [0.29, 0.717) is 26.9 Å². The lowest BCUT2D eigenvalue weighted by Gasteiger charge is -2.13. The number of ether oxygens (including phenoxy) is 3. The molecule has 0 amide bonds. The zero-order valence-corrected chi connectivity index (χ0v) is 21.3. The van der Waals surface area contributed by atoms with Crippen molar-refractivity contribution in [1.82, 2.24) is 4.98 Å².